The zero-order valence-electron chi connectivity index (χ0n) is 14.2. The van der Waals surface area contributed by atoms with Crippen LogP contribution in [0.5, 0.6) is 0 Å². The van der Waals surface area contributed by atoms with E-state index in [9.17, 15) is 14.4 Å². The number of nitrogens with zero attached hydrogens (tertiary/aromatic N) is 2. The van der Waals surface area contributed by atoms with E-state index in [1.807, 2.05) is 30.3 Å². The Bertz CT molecular complexity index is 780. The number of carbonyl (C=O) groups excluding carboxylic acids is 3. The Morgan fingerprint density at radius 2 is 1.77 bits per heavy atom. The van der Waals surface area contributed by atoms with Crippen LogP contribution >= 0.6 is 0 Å². The molecule has 0 aliphatic carbocycles. The minimum absolute atomic E-state index is 0.0557. The fourth-order valence-corrected chi connectivity index (χ4v) is 2.83. The van der Waals surface area contributed by atoms with Gasteiger partial charge in [-0.3, -0.25) is 19.4 Å². The summed E-state index contributed by atoms with van der Waals surface area (Å²) in [4.78, 5) is 41.9. The summed E-state index contributed by atoms with van der Waals surface area (Å²) in [7, 11) is 0. The van der Waals surface area contributed by atoms with Crippen molar-refractivity contribution in [2.75, 3.05) is 24.5 Å². The smallest absolute Gasteiger partial charge is 0.269 e. The van der Waals surface area contributed by atoms with E-state index in [4.69, 9.17) is 0 Å². The maximum Gasteiger partial charge on any atom is 0.269 e. The molecular formula is C19H20N4O3. The summed E-state index contributed by atoms with van der Waals surface area (Å²) >= 11 is 0. The van der Waals surface area contributed by atoms with Gasteiger partial charge in [-0.2, -0.15) is 0 Å². The van der Waals surface area contributed by atoms with Crippen molar-refractivity contribution in [3.05, 3.63) is 60.4 Å². The van der Waals surface area contributed by atoms with Gasteiger partial charge in [-0.05, 0) is 24.3 Å². The van der Waals surface area contributed by atoms with E-state index in [-0.39, 0.29) is 30.1 Å². The van der Waals surface area contributed by atoms with Gasteiger partial charge < -0.3 is 15.5 Å². The molecule has 0 spiro atoms. The zero-order valence-corrected chi connectivity index (χ0v) is 14.2. The number of rotatable bonds is 6. The highest BCUT2D eigenvalue weighted by molar-refractivity contribution is 6.00. The van der Waals surface area contributed by atoms with Crippen LogP contribution in [0.25, 0.3) is 0 Å². The number of para-hydroxylation sites is 1. The largest absolute Gasteiger partial charge is 0.354 e. The fraction of sp³-hybridized carbons (Fsp3) is 0.263. The third kappa shape index (κ3) is 4.24. The van der Waals surface area contributed by atoms with Crippen LogP contribution in [0.15, 0.2) is 54.7 Å². The minimum Gasteiger partial charge on any atom is -0.354 e. The van der Waals surface area contributed by atoms with Gasteiger partial charge in [0, 0.05) is 37.9 Å². The molecule has 0 bridgehead atoms. The van der Waals surface area contributed by atoms with E-state index in [1.165, 1.54) is 0 Å². The van der Waals surface area contributed by atoms with Gasteiger partial charge >= 0.3 is 0 Å². The van der Waals surface area contributed by atoms with Crippen molar-refractivity contribution in [3.63, 3.8) is 0 Å². The van der Waals surface area contributed by atoms with Gasteiger partial charge in [0.25, 0.3) is 5.91 Å². The van der Waals surface area contributed by atoms with Crippen LogP contribution in [0.3, 0.4) is 0 Å². The highest BCUT2D eigenvalue weighted by atomic mass is 16.2. The van der Waals surface area contributed by atoms with Crippen LogP contribution in [0.1, 0.15) is 16.9 Å². The average Bonchev–Trinajstić information content (AvgIpc) is 3.08. The molecule has 1 fully saturated rings. The first-order chi connectivity index (χ1) is 12.6. The lowest BCUT2D eigenvalue weighted by molar-refractivity contribution is -0.126. The second kappa shape index (κ2) is 8.24. The number of benzene rings is 1. The van der Waals surface area contributed by atoms with Crippen molar-refractivity contribution in [1.82, 2.24) is 15.6 Å². The Morgan fingerprint density at radius 3 is 2.50 bits per heavy atom. The van der Waals surface area contributed by atoms with Crippen LogP contribution in [0.2, 0.25) is 0 Å². The summed E-state index contributed by atoms with van der Waals surface area (Å²) in [5.74, 6) is -0.899. The number of hydrogen-bond acceptors (Lipinski definition) is 4. The number of aromatic nitrogens is 1. The highest BCUT2D eigenvalue weighted by Crippen LogP contribution is 2.24. The number of pyridine rings is 1. The van der Waals surface area contributed by atoms with E-state index >= 15 is 0 Å². The van der Waals surface area contributed by atoms with Gasteiger partial charge in [-0.25, -0.2) is 0 Å². The van der Waals surface area contributed by atoms with E-state index in [2.05, 4.69) is 15.6 Å². The Kier molecular flexibility index (Phi) is 5.58. The second-order valence-corrected chi connectivity index (χ2v) is 6.00. The molecule has 1 aromatic carbocycles. The van der Waals surface area contributed by atoms with Gasteiger partial charge in [0.15, 0.2) is 0 Å². The van der Waals surface area contributed by atoms with Crippen LogP contribution in [-0.2, 0) is 9.59 Å². The third-order valence-corrected chi connectivity index (χ3v) is 4.17. The summed E-state index contributed by atoms with van der Waals surface area (Å²) in [5.41, 5.74) is 1.13. The maximum atomic E-state index is 12.3. The molecule has 134 valence electrons. The summed E-state index contributed by atoms with van der Waals surface area (Å²) in [6.07, 6.45) is 1.74. The Hall–Kier alpha value is -3.22. The summed E-state index contributed by atoms with van der Waals surface area (Å²) < 4.78 is 0. The van der Waals surface area contributed by atoms with Gasteiger partial charge in [-0.1, -0.05) is 24.3 Å². The molecule has 0 saturated carbocycles. The van der Waals surface area contributed by atoms with Gasteiger partial charge in [0.05, 0.1) is 5.92 Å². The summed E-state index contributed by atoms with van der Waals surface area (Å²) in [6, 6.07) is 14.4. The van der Waals surface area contributed by atoms with Crippen molar-refractivity contribution in [3.8, 4) is 0 Å². The van der Waals surface area contributed by atoms with Crippen molar-refractivity contribution >= 4 is 23.4 Å². The van der Waals surface area contributed by atoms with Gasteiger partial charge in [-0.15, -0.1) is 0 Å². The van der Waals surface area contributed by atoms with E-state index < -0.39 is 0 Å². The van der Waals surface area contributed by atoms with Crippen LogP contribution in [0.4, 0.5) is 5.69 Å². The molecule has 1 aliphatic heterocycles. The Balaban J connectivity index is 1.43. The number of nitrogens with one attached hydrogen (secondary N) is 2. The highest BCUT2D eigenvalue weighted by Gasteiger charge is 2.34. The topological polar surface area (TPSA) is 91.4 Å². The van der Waals surface area contributed by atoms with E-state index in [0.29, 0.717) is 25.3 Å². The molecule has 3 amide bonds. The molecule has 1 atom stereocenters. The first kappa shape index (κ1) is 17.6. The van der Waals surface area contributed by atoms with E-state index in [1.54, 1.807) is 29.3 Å². The number of carbonyl (C=O) groups is 3. The molecule has 1 saturated heterocycles. The summed E-state index contributed by atoms with van der Waals surface area (Å²) in [6.45, 7) is 0.965. The third-order valence-electron chi connectivity index (χ3n) is 4.17. The number of anilines is 1. The SMILES string of the molecule is O=C(NCCNC(=O)[C@H]1CC(=O)N(c2ccccc2)C1)c1ccccn1. The quantitative estimate of drug-likeness (QED) is 0.758. The molecule has 0 radical (unpaired) electrons. The molecule has 1 aromatic heterocycles. The molecule has 2 N–H and O–H groups in total. The average molecular weight is 352 g/mol. The first-order valence-corrected chi connectivity index (χ1v) is 8.47. The lowest BCUT2D eigenvalue weighted by Crippen LogP contribution is -2.38. The molecule has 1 aliphatic rings. The summed E-state index contributed by atoms with van der Waals surface area (Å²) in [5, 5.41) is 5.47. The molecular weight excluding hydrogens is 332 g/mol. The van der Waals surface area contributed by atoms with Crippen molar-refractivity contribution < 1.29 is 14.4 Å². The van der Waals surface area contributed by atoms with Crippen molar-refractivity contribution in [2.24, 2.45) is 5.92 Å². The Labute approximate surface area is 151 Å². The molecule has 2 aromatic rings. The first-order valence-electron chi connectivity index (χ1n) is 8.47. The van der Waals surface area contributed by atoms with Crippen LogP contribution in [0, 0.1) is 5.92 Å². The zero-order chi connectivity index (χ0) is 18.4. The number of amides is 3. The lowest BCUT2D eigenvalue weighted by atomic mass is 10.1. The lowest BCUT2D eigenvalue weighted by Gasteiger charge is -2.16. The van der Waals surface area contributed by atoms with Crippen molar-refractivity contribution in [2.45, 2.75) is 6.42 Å². The maximum absolute atomic E-state index is 12.3. The molecule has 7 heteroatoms. The molecule has 26 heavy (non-hydrogen) atoms. The van der Waals surface area contributed by atoms with Gasteiger partial charge in [0.2, 0.25) is 11.8 Å². The number of hydrogen-bond donors (Lipinski definition) is 2. The van der Waals surface area contributed by atoms with E-state index in [0.717, 1.165) is 5.69 Å². The van der Waals surface area contributed by atoms with Gasteiger partial charge in [0.1, 0.15) is 5.69 Å². The standard InChI is InChI=1S/C19H20N4O3/c24-17-12-14(13-23(17)15-6-2-1-3-7-15)18(25)21-10-11-22-19(26)16-8-4-5-9-20-16/h1-9,14H,10-13H2,(H,21,25)(H,22,26)/t14-/m0/s1. The Morgan fingerprint density at radius 1 is 1.04 bits per heavy atom. The second-order valence-electron chi connectivity index (χ2n) is 6.00. The molecule has 2 heterocycles. The minimum atomic E-state index is -0.380. The molecule has 7 nitrogen and oxygen atoms in total. The predicted octanol–water partition coefficient (Wildman–Crippen LogP) is 0.981. The normalized spacial score (nSPS) is 16.4. The monoisotopic (exact) mass is 352 g/mol. The molecule has 3 rings (SSSR count). The van der Waals surface area contributed by atoms with Crippen molar-refractivity contribution in [1.29, 1.82) is 0 Å². The molecule has 0 unspecified atom stereocenters. The van der Waals surface area contributed by atoms with Crippen LogP contribution < -0.4 is 15.5 Å². The fourth-order valence-electron chi connectivity index (χ4n) is 2.83. The van der Waals surface area contributed by atoms with Crippen LogP contribution in [-0.4, -0.2) is 42.3 Å². The predicted molar refractivity (Wildman–Crippen MR) is 96.5 cm³/mol.